The highest BCUT2D eigenvalue weighted by Crippen LogP contribution is 2.26. The van der Waals surface area contributed by atoms with E-state index in [1.807, 2.05) is 20.8 Å². The Balaban J connectivity index is 2.47. The maximum absolute atomic E-state index is 11.9. The standard InChI is InChI=1S/C11H20BrNO4/c1-11(2,3)17-10(15)13-7-8(6-9(13)12)16-5-4-14/h8-9,14H,4-7H2,1-3H3. The summed E-state index contributed by atoms with van der Waals surface area (Å²) in [5, 5.41) is 8.68. The van der Waals surface area contributed by atoms with E-state index in [0.29, 0.717) is 19.6 Å². The molecule has 0 bridgehead atoms. The zero-order valence-electron chi connectivity index (χ0n) is 10.5. The lowest BCUT2D eigenvalue weighted by Gasteiger charge is -2.26. The topological polar surface area (TPSA) is 59.0 Å². The second-order valence-electron chi connectivity index (χ2n) is 5.02. The van der Waals surface area contributed by atoms with Crippen LogP contribution < -0.4 is 0 Å². The summed E-state index contributed by atoms with van der Waals surface area (Å²) in [6.45, 7) is 6.30. The van der Waals surface area contributed by atoms with Gasteiger partial charge >= 0.3 is 6.09 Å². The largest absolute Gasteiger partial charge is 0.444 e. The van der Waals surface area contributed by atoms with Gasteiger partial charge in [-0.1, -0.05) is 15.9 Å². The first-order valence-electron chi connectivity index (χ1n) is 5.69. The average molecular weight is 310 g/mol. The Kier molecular flexibility index (Phi) is 5.22. The van der Waals surface area contributed by atoms with Crippen molar-refractivity contribution in [3.63, 3.8) is 0 Å². The molecule has 6 heteroatoms. The lowest BCUT2D eigenvalue weighted by molar-refractivity contribution is 0.0151. The van der Waals surface area contributed by atoms with E-state index in [1.165, 1.54) is 0 Å². The Morgan fingerprint density at radius 2 is 2.18 bits per heavy atom. The number of halogens is 1. The zero-order chi connectivity index (χ0) is 13.1. The van der Waals surface area contributed by atoms with E-state index in [9.17, 15) is 4.79 Å². The van der Waals surface area contributed by atoms with Crippen molar-refractivity contribution < 1.29 is 19.4 Å². The van der Waals surface area contributed by atoms with Crippen molar-refractivity contribution in [1.29, 1.82) is 0 Å². The fraction of sp³-hybridized carbons (Fsp3) is 0.909. The Bertz CT molecular complexity index is 267. The van der Waals surface area contributed by atoms with E-state index < -0.39 is 5.60 Å². The van der Waals surface area contributed by atoms with Gasteiger partial charge in [-0.25, -0.2) is 4.79 Å². The van der Waals surface area contributed by atoms with E-state index >= 15 is 0 Å². The normalized spacial score (nSPS) is 25.1. The number of alkyl halides is 1. The third kappa shape index (κ3) is 4.81. The Morgan fingerprint density at radius 3 is 2.71 bits per heavy atom. The van der Waals surface area contributed by atoms with Gasteiger partial charge in [0.15, 0.2) is 0 Å². The number of hydrogen-bond acceptors (Lipinski definition) is 4. The number of likely N-dealkylation sites (tertiary alicyclic amines) is 1. The molecule has 0 spiro atoms. The number of carbonyl (C=O) groups is 1. The van der Waals surface area contributed by atoms with E-state index in [0.717, 1.165) is 0 Å². The zero-order valence-corrected chi connectivity index (χ0v) is 12.1. The van der Waals surface area contributed by atoms with Gasteiger partial charge < -0.3 is 14.6 Å². The number of nitrogens with zero attached hydrogens (tertiary/aromatic N) is 1. The number of aliphatic hydroxyl groups excluding tert-OH is 1. The molecule has 1 aliphatic heterocycles. The highest BCUT2D eigenvalue weighted by Gasteiger charge is 2.36. The molecule has 1 heterocycles. The van der Waals surface area contributed by atoms with Crippen LogP contribution >= 0.6 is 15.9 Å². The predicted octanol–water partition coefficient (Wildman–Crippen LogP) is 1.73. The minimum absolute atomic E-state index is 0.00408. The van der Waals surface area contributed by atoms with Crippen LogP contribution in [0.25, 0.3) is 0 Å². The molecular formula is C11H20BrNO4. The summed E-state index contributed by atoms with van der Waals surface area (Å²) in [5.41, 5.74) is -0.492. The molecule has 1 saturated heterocycles. The summed E-state index contributed by atoms with van der Waals surface area (Å²) in [6.07, 6.45) is 0.327. The Hall–Kier alpha value is -0.330. The van der Waals surface area contributed by atoms with E-state index in [-0.39, 0.29) is 23.8 Å². The smallest absolute Gasteiger partial charge is 0.411 e. The summed E-state index contributed by atoms with van der Waals surface area (Å²) in [6, 6.07) is 0. The first kappa shape index (κ1) is 14.7. The van der Waals surface area contributed by atoms with Crippen LogP contribution in [0.15, 0.2) is 0 Å². The second-order valence-corrected chi connectivity index (χ2v) is 6.08. The van der Waals surface area contributed by atoms with Crippen molar-refractivity contribution in [3.8, 4) is 0 Å². The summed E-state index contributed by atoms with van der Waals surface area (Å²) in [5.74, 6) is 0. The van der Waals surface area contributed by atoms with Crippen LogP contribution in [-0.2, 0) is 9.47 Å². The summed E-state index contributed by atoms with van der Waals surface area (Å²) in [4.78, 5) is 13.4. The van der Waals surface area contributed by atoms with Gasteiger partial charge in [-0.05, 0) is 20.8 Å². The minimum atomic E-state index is -0.492. The first-order chi connectivity index (χ1) is 7.83. The van der Waals surface area contributed by atoms with Crippen LogP contribution in [0.5, 0.6) is 0 Å². The lowest BCUT2D eigenvalue weighted by Crippen LogP contribution is -2.38. The molecule has 0 saturated carbocycles. The Morgan fingerprint density at radius 1 is 1.53 bits per heavy atom. The molecule has 1 aliphatic rings. The second kappa shape index (κ2) is 6.02. The molecule has 1 fully saturated rings. The van der Waals surface area contributed by atoms with Gasteiger partial charge in [0.1, 0.15) is 5.60 Å². The van der Waals surface area contributed by atoms with Gasteiger partial charge in [0, 0.05) is 6.42 Å². The van der Waals surface area contributed by atoms with E-state index in [2.05, 4.69) is 15.9 Å². The number of ether oxygens (including phenoxy) is 2. The van der Waals surface area contributed by atoms with Crippen LogP contribution in [0.3, 0.4) is 0 Å². The lowest BCUT2D eigenvalue weighted by atomic mass is 10.2. The van der Waals surface area contributed by atoms with Crippen molar-refractivity contribution in [2.75, 3.05) is 19.8 Å². The van der Waals surface area contributed by atoms with Crippen LogP contribution in [0.4, 0.5) is 4.79 Å². The van der Waals surface area contributed by atoms with Gasteiger partial charge in [-0.2, -0.15) is 0 Å². The van der Waals surface area contributed by atoms with E-state index in [4.69, 9.17) is 14.6 Å². The number of aliphatic hydroxyl groups is 1. The van der Waals surface area contributed by atoms with Crippen molar-refractivity contribution in [3.05, 3.63) is 0 Å². The molecule has 1 rings (SSSR count). The van der Waals surface area contributed by atoms with Crippen LogP contribution in [0, 0.1) is 0 Å². The molecule has 0 aromatic carbocycles. The highest BCUT2D eigenvalue weighted by atomic mass is 79.9. The molecule has 2 atom stereocenters. The average Bonchev–Trinajstić information content (AvgIpc) is 2.54. The van der Waals surface area contributed by atoms with Crippen LogP contribution in [0.2, 0.25) is 0 Å². The molecule has 0 aromatic heterocycles. The number of amides is 1. The highest BCUT2D eigenvalue weighted by molar-refractivity contribution is 9.09. The van der Waals surface area contributed by atoms with E-state index in [1.54, 1.807) is 4.90 Å². The number of hydrogen-bond donors (Lipinski definition) is 1. The van der Waals surface area contributed by atoms with Crippen molar-refractivity contribution >= 4 is 22.0 Å². The van der Waals surface area contributed by atoms with Gasteiger partial charge in [0.25, 0.3) is 0 Å². The molecular weight excluding hydrogens is 290 g/mol. The molecule has 0 radical (unpaired) electrons. The summed E-state index contributed by atoms with van der Waals surface area (Å²) < 4.78 is 10.7. The quantitative estimate of drug-likeness (QED) is 0.637. The third-order valence-electron chi connectivity index (χ3n) is 2.27. The molecule has 0 aliphatic carbocycles. The van der Waals surface area contributed by atoms with Crippen LogP contribution in [-0.4, -0.2) is 52.5 Å². The summed E-state index contributed by atoms with van der Waals surface area (Å²) >= 11 is 3.43. The van der Waals surface area contributed by atoms with Crippen molar-refractivity contribution in [1.82, 2.24) is 4.90 Å². The molecule has 2 unspecified atom stereocenters. The summed E-state index contributed by atoms with van der Waals surface area (Å²) in [7, 11) is 0. The molecule has 5 nitrogen and oxygen atoms in total. The maximum Gasteiger partial charge on any atom is 0.411 e. The van der Waals surface area contributed by atoms with Crippen molar-refractivity contribution in [2.45, 2.75) is 43.8 Å². The predicted molar refractivity (Wildman–Crippen MR) is 67.1 cm³/mol. The molecule has 100 valence electrons. The molecule has 0 aromatic rings. The fourth-order valence-corrected chi connectivity index (χ4v) is 2.35. The maximum atomic E-state index is 11.9. The van der Waals surface area contributed by atoms with Gasteiger partial charge in [0.2, 0.25) is 0 Å². The fourth-order valence-electron chi connectivity index (χ4n) is 1.60. The van der Waals surface area contributed by atoms with Gasteiger partial charge in [-0.3, -0.25) is 4.90 Å². The third-order valence-corrected chi connectivity index (χ3v) is 3.14. The first-order valence-corrected chi connectivity index (χ1v) is 6.61. The molecule has 1 amide bonds. The van der Waals surface area contributed by atoms with Crippen molar-refractivity contribution in [2.24, 2.45) is 0 Å². The monoisotopic (exact) mass is 309 g/mol. The molecule has 1 N–H and O–H groups in total. The minimum Gasteiger partial charge on any atom is -0.444 e. The van der Waals surface area contributed by atoms with Gasteiger partial charge in [-0.15, -0.1) is 0 Å². The number of rotatable bonds is 3. The Labute approximate surface area is 110 Å². The van der Waals surface area contributed by atoms with Crippen LogP contribution in [0.1, 0.15) is 27.2 Å². The van der Waals surface area contributed by atoms with Gasteiger partial charge in [0.05, 0.1) is 30.8 Å². The number of carbonyl (C=O) groups excluding carboxylic acids is 1. The SMILES string of the molecule is CC(C)(C)OC(=O)N1CC(OCCO)CC1Br. The molecule has 17 heavy (non-hydrogen) atoms.